The maximum atomic E-state index is 2.57. The number of aromatic nitrogens is 1. The third kappa shape index (κ3) is 3.96. The van der Waals surface area contributed by atoms with Crippen molar-refractivity contribution >= 4 is 49.9 Å². The zero-order valence-electron chi connectivity index (χ0n) is 29.8. The first-order valence-corrected chi connectivity index (χ1v) is 19.9. The van der Waals surface area contributed by atoms with E-state index in [-0.39, 0.29) is 0 Å². The molecule has 1 spiro atoms. The van der Waals surface area contributed by atoms with Crippen molar-refractivity contribution in [3.63, 3.8) is 0 Å². The average Bonchev–Trinajstić information content (AvgIpc) is 3.71. The molecule has 1 aliphatic heterocycles. The highest BCUT2D eigenvalue weighted by molar-refractivity contribution is 7.99. The molecule has 2 atom stereocenters. The van der Waals surface area contributed by atoms with Crippen molar-refractivity contribution in [2.75, 3.05) is 0 Å². The highest BCUT2D eigenvalue weighted by Gasteiger charge is 2.50. The first kappa shape index (κ1) is 30.4. The first-order chi connectivity index (χ1) is 26.7. The molecule has 0 saturated carbocycles. The highest BCUT2D eigenvalue weighted by atomic mass is 32.2. The quantitative estimate of drug-likeness (QED) is 0.173. The highest BCUT2D eigenvalue weighted by Crippen LogP contribution is 2.63. The van der Waals surface area contributed by atoms with Crippen LogP contribution in [0.15, 0.2) is 197 Å². The number of fused-ring (bicyclic) bond motifs is 15. The minimum absolute atomic E-state index is 0.417. The molecule has 0 bridgehead atoms. The smallest absolute Gasteiger partial charge is 0.0735 e. The van der Waals surface area contributed by atoms with Crippen LogP contribution >= 0.6 is 11.8 Å². The molecule has 0 radical (unpaired) electrons. The lowest BCUT2D eigenvalue weighted by molar-refractivity contribution is 0.585. The molecule has 2 unspecified atom stereocenters. The van der Waals surface area contributed by atoms with Crippen LogP contribution in [0.5, 0.6) is 0 Å². The van der Waals surface area contributed by atoms with E-state index in [1.165, 1.54) is 98.1 Å². The Kier molecular flexibility index (Phi) is 6.31. The van der Waals surface area contributed by atoms with Crippen molar-refractivity contribution in [2.24, 2.45) is 11.8 Å². The Morgan fingerprint density at radius 2 is 1.28 bits per heavy atom. The second kappa shape index (κ2) is 11.2. The molecule has 4 aliphatic rings. The molecule has 2 heterocycles. The van der Waals surface area contributed by atoms with Crippen LogP contribution in [0, 0.1) is 11.8 Å². The molecule has 7 aromatic carbocycles. The van der Waals surface area contributed by atoms with Crippen LogP contribution < -0.4 is 0 Å². The van der Waals surface area contributed by atoms with Gasteiger partial charge in [-0.1, -0.05) is 164 Å². The van der Waals surface area contributed by atoms with Crippen LogP contribution in [-0.2, 0) is 5.41 Å². The molecule has 0 amide bonds. The predicted octanol–water partition coefficient (Wildman–Crippen LogP) is 13.5. The summed E-state index contributed by atoms with van der Waals surface area (Å²) < 4.78 is 2.51. The Bertz CT molecular complexity index is 2990. The van der Waals surface area contributed by atoms with E-state index >= 15 is 0 Å². The van der Waals surface area contributed by atoms with E-state index < -0.39 is 5.41 Å². The number of hydrogen-bond acceptors (Lipinski definition) is 1. The summed E-state index contributed by atoms with van der Waals surface area (Å²) >= 11 is 1.92. The van der Waals surface area contributed by atoms with Gasteiger partial charge in [-0.25, -0.2) is 0 Å². The molecular formula is C52H35NS. The Morgan fingerprint density at radius 1 is 0.556 bits per heavy atom. The third-order valence-corrected chi connectivity index (χ3v) is 13.7. The van der Waals surface area contributed by atoms with Gasteiger partial charge >= 0.3 is 0 Å². The summed E-state index contributed by atoms with van der Waals surface area (Å²) in [5.74, 6) is 0.925. The van der Waals surface area contributed by atoms with Gasteiger partial charge in [-0.15, -0.1) is 0 Å². The van der Waals surface area contributed by atoms with Gasteiger partial charge in [0, 0.05) is 32.2 Å². The minimum Gasteiger partial charge on any atom is -0.309 e. The monoisotopic (exact) mass is 705 g/mol. The van der Waals surface area contributed by atoms with Crippen molar-refractivity contribution < 1.29 is 0 Å². The Balaban J connectivity index is 1.15. The summed E-state index contributed by atoms with van der Waals surface area (Å²) in [5, 5.41) is 5.16. The van der Waals surface area contributed by atoms with Crippen LogP contribution in [0.3, 0.4) is 0 Å². The summed E-state index contributed by atoms with van der Waals surface area (Å²) in [4.78, 5) is 2.64. The van der Waals surface area contributed by atoms with Gasteiger partial charge in [0.2, 0.25) is 0 Å². The molecule has 12 rings (SSSR count). The van der Waals surface area contributed by atoms with Gasteiger partial charge in [0.25, 0.3) is 0 Å². The topological polar surface area (TPSA) is 4.93 Å². The molecule has 254 valence electrons. The summed E-state index contributed by atoms with van der Waals surface area (Å²) in [6.45, 7) is 2.32. The van der Waals surface area contributed by atoms with Crippen LogP contribution in [0.25, 0.3) is 55.0 Å². The zero-order valence-corrected chi connectivity index (χ0v) is 30.6. The molecular weight excluding hydrogens is 671 g/mol. The minimum atomic E-state index is -0.417. The maximum absolute atomic E-state index is 2.57. The van der Waals surface area contributed by atoms with E-state index in [0.717, 1.165) is 0 Å². The fraction of sp³-hybridized carbons (Fsp3) is 0.0769. The van der Waals surface area contributed by atoms with E-state index in [4.69, 9.17) is 0 Å². The van der Waals surface area contributed by atoms with Crippen LogP contribution in [0.4, 0.5) is 0 Å². The molecule has 1 aromatic heterocycles. The molecule has 0 saturated heterocycles. The van der Waals surface area contributed by atoms with Crippen LogP contribution in [0.2, 0.25) is 0 Å². The first-order valence-electron chi connectivity index (χ1n) is 19.1. The summed E-state index contributed by atoms with van der Waals surface area (Å²) in [5.41, 5.74) is 15.4. The molecule has 0 N–H and O–H groups in total. The third-order valence-electron chi connectivity index (χ3n) is 12.6. The van der Waals surface area contributed by atoms with Gasteiger partial charge < -0.3 is 4.57 Å². The van der Waals surface area contributed by atoms with Crippen LogP contribution in [-0.4, -0.2) is 4.57 Å². The van der Waals surface area contributed by atoms with E-state index in [0.29, 0.717) is 11.8 Å². The van der Waals surface area contributed by atoms with Crippen molar-refractivity contribution in [3.05, 3.63) is 215 Å². The molecule has 8 aromatic rings. The number of hydrogen-bond donors (Lipinski definition) is 0. The number of nitrogens with zero attached hydrogens (tertiary/aromatic N) is 1. The predicted molar refractivity (Wildman–Crippen MR) is 227 cm³/mol. The van der Waals surface area contributed by atoms with Crippen molar-refractivity contribution in [1.82, 2.24) is 4.57 Å². The lowest BCUT2D eigenvalue weighted by atomic mass is 9.67. The number of benzene rings is 7. The van der Waals surface area contributed by atoms with E-state index in [1.807, 2.05) is 11.8 Å². The van der Waals surface area contributed by atoms with E-state index in [2.05, 4.69) is 194 Å². The fourth-order valence-electron chi connectivity index (χ4n) is 10.2. The van der Waals surface area contributed by atoms with Crippen molar-refractivity contribution in [3.8, 4) is 16.8 Å². The summed E-state index contributed by atoms with van der Waals surface area (Å²) in [6, 6.07) is 55.2. The van der Waals surface area contributed by atoms with Gasteiger partial charge in [0.1, 0.15) is 0 Å². The molecule has 0 fully saturated rings. The molecule has 54 heavy (non-hydrogen) atoms. The molecule has 3 aliphatic carbocycles. The standard InChI is InChI=1S/C52H35NS/c1-32-22-28-37(39-15-5-4-13-36(32)39)34-23-26-35(27-24-34)53-47-29-25-33-12-2-3-14-38(33)51(47)42-30-46-50(31-48(42)53)54-49-21-11-10-20-45(49)52(46)43-18-8-6-16-40(43)41-17-7-9-19-44(41)52/h2-32,36H,1H3. The average molecular weight is 706 g/mol. The SMILES string of the molecule is CC1C=CC(c2ccc(-n3c4cc5c(cc4c4c6ccccc6ccc43)C3(c4ccccc4S5)c4ccccc4-c4ccccc43)cc2)=C2C=CC=CC21. The molecule has 1 nitrogen and oxygen atoms in total. The van der Waals surface area contributed by atoms with E-state index in [1.54, 1.807) is 0 Å². The normalized spacial score (nSPS) is 18.6. The maximum Gasteiger partial charge on any atom is 0.0735 e. The van der Waals surface area contributed by atoms with Gasteiger partial charge in [0.05, 0.1) is 16.4 Å². The lowest BCUT2D eigenvalue weighted by Gasteiger charge is -2.39. The van der Waals surface area contributed by atoms with Gasteiger partial charge in [-0.2, -0.15) is 0 Å². The Hall–Kier alpha value is -6.09. The van der Waals surface area contributed by atoms with Gasteiger partial charge in [-0.3, -0.25) is 0 Å². The zero-order chi connectivity index (χ0) is 35.5. The van der Waals surface area contributed by atoms with Crippen LogP contribution in [0.1, 0.15) is 34.7 Å². The van der Waals surface area contributed by atoms with Crippen molar-refractivity contribution in [1.29, 1.82) is 0 Å². The van der Waals surface area contributed by atoms with E-state index in [9.17, 15) is 0 Å². The summed E-state index contributed by atoms with van der Waals surface area (Å²) in [7, 11) is 0. The largest absolute Gasteiger partial charge is 0.309 e. The van der Waals surface area contributed by atoms with Gasteiger partial charge in [0.15, 0.2) is 0 Å². The van der Waals surface area contributed by atoms with Gasteiger partial charge in [-0.05, 0) is 103 Å². The summed E-state index contributed by atoms with van der Waals surface area (Å²) in [6.07, 6.45) is 13.7. The number of rotatable bonds is 2. The van der Waals surface area contributed by atoms with Crippen molar-refractivity contribution in [2.45, 2.75) is 22.1 Å². The second-order valence-electron chi connectivity index (χ2n) is 15.2. The Labute approximate surface area is 319 Å². The second-order valence-corrected chi connectivity index (χ2v) is 16.3. The Morgan fingerprint density at radius 3 is 2.09 bits per heavy atom. The fourth-order valence-corrected chi connectivity index (χ4v) is 11.4. The lowest BCUT2D eigenvalue weighted by Crippen LogP contribution is -2.31. The number of allylic oxidation sites excluding steroid dienone is 8. The molecule has 2 heteroatoms.